The molecule has 7 nitrogen and oxygen atoms in total. The van der Waals surface area contributed by atoms with Crippen molar-refractivity contribution >= 4 is 40.4 Å². The third kappa shape index (κ3) is 5.06. The van der Waals surface area contributed by atoms with E-state index in [1.54, 1.807) is 6.92 Å². The Morgan fingerprint density at radius 2 is 1.79 bits per heavy atom. The highest BCUT2D eigenvalue weighted by Gasteiger charge is 2.25. The lowest BCUT2D eigenvalue weighted by Crippen LogP contribution is -2.27. The summed E-state index contributed by atoms with van der Waals surface area (Å²) < 4.78 is 6.70. The summed E-state index contributed by atoms with van der Waals surface area (Å²) in [6, 6.07) is 21.1. The van der Waals surface area contributed by atoms with Crippen molar-refractivity contribution < 1.29 is 14.3 Å². The Bertz CT molecular complexity index is 1270. The molecule has 168 valence electrons. The normalized spacial score (nSPS) is 11.8. The van der Waals surface area contributed by atoms with Crippen LogP contribution in [0.25, 0.3) is 16.6 Å². The van der Waals surface area contributed by atoms with Crippen LogP contribution in [-0.2, 0) is 9.53 Å². The number of nitrogens with one attached hydrogen (secondary N) is 1. The molecule has 1 amide bonds. The van der Waals surface area contributed by atoms with E-state index < -0.39 is 11.2 Å². The number of carbonyl (C=O) groups is 2. The van der Waals surface area contributed by atoms with Gasteiger partial charge < -0.3 is 10.1 Å². The molecule has 0 aliphatic heterocycles. The monoisotopic (exact) mass is 460 g/mol. The third-order valence-electron chi connectivity index (χ3n) is 5.01. The lowest BCUT2D eigenvalue weighted by Gasteiger charge is -2.16. The van der Waals surface area contributed by atoms with E-state index in [0.717, 1.165) is 21.6 Å². The van der Waals surface area contributed by atoms with Crippen LogP contribution in [0.15, 0.2) is 78.0 Å². The van der Waals surface area contributed by atoms with Crippen molar-refractivity contribution in [1.29, 1.82) is 0 Å². The maximum atomic E-state index is 13.3. The quantitative estimate of drug-likeness (QED) is 0.291. The molecule has 0 aliphatic rings. The van der Waals surface area contributed by atoms with E-state index in [4.69, 9.17) is 4.74 Å². The summed E-state index contributed by atoms with van der Waals surface area (Å²) in [4.78, 5) is 30.4. The van der Waals surface area contributed by atoms with Crippen LogP contribution in [0.1, 0.15) is 30.6 Å². The van der Waals surface area contributed by atoms with Crippen LogP contribution in [0, 0.1) is 0 Å². The number of anilines is 1. The molecule has 2 heterocycles. The van der Waals surface area contributed by atoms with Crippen molar-refractivity contribution in [3.8, 4) is 5.69 Å². The van der Waals surface area contributed by atoms with Crippen molar-refractivity contribution in [2.24, 2.45) is 0 Å². The summed E-state index contributed by atoms with van der Waals surface area (Å²) in [5.74, 6) is -0.484. The molecule has 0 spiro atoms. The minimum absolute atomic E-state index is 0.206. The Morgan fingerprint density at radius 3 is 2.55 bits per heavy atom. The Kier molecular flexibility index (Phi) is 7.04. The molecule has 2 aromatic carbocycles. The Balaban J connectivity index is 1.61. The average molecular weight is 461 g/mol. The third-order valence-corrected chi connectivity index (χ3v) is 6.31. The maximum absolute atomic E-state index is 13.3. The van der Waals surface area contributed by atoms with Gasteiger partial charge in [-0.2, -0.15) is 5.10 Å². The second-order valence-corrected chi connectivity index (χ2v) is 8.44. The Hall–Kier alpha value is -3.65. The fraction of sp³-hybridized carbons (Fsp3) is 0.200. The number of carbonyl (C=O) groups excluding carboxylic acids is 2. The van der Waals surface area contributed by atoms with Crippen LogP contribution in [0.4, 0.5) is 5.82 Å². The number of benzene rings is 2. The lowest BCUT2D eigenvalue weighted by molar-refractivity contribution is -0.115. The van der Waals surface area contributed by atoms with Gasteiger partial charge in [0.05, 0.1) is 34.3 Å². The molecule has 2 aromatic heterocycles. The molecule has 1 N–H and O–H groups in total. The summed E-state index contributed by atoms with van der Waals surface area (Å²) in [6.45, 7) is 3.90. The number of amides is 1. The summed E-state index contributed by atoms with van der Waals surface area (Å²) >= 11 is 1.39. The number of esters is 1. The summed E-state index contributed by atoms with van der Waals surface area (Å²) in [5, 5.41) is 8.64. The van der Waals surface area contributed by atoms with E-state index in [1.807, 2.05) is 73.7 Å². The fourth-order valence-corrected chi connectivity index (χ4v) is 4.29. The fourth-order valence-electron chi connectivity index (χ4n) is 3.37. The first-order valence-corrected chi connectivity index (χ1v) is 11.6. The number of para-hydroxylation sites is 2. The number of hydrogen-bond acceptors (Lipinski definition) is 6. The molecule has 33 heavy (non-hydrogen) atoms. The molecule has 0 fully saturated rings. The van der Waals surface area contributed by atoms with Crippen LogP contribution in [0.2, 0.25) is 0 Å². The zero-order chi connectivity index (χ0) is 23.2. The molecule has 4 rings (SSSR count). The highest BCUT2D eigenvalue weighted by molar-refractivity contribution is 8.00. The predicted octanol–water partition coefficient (Wildman–Crippen LogP) is 5.11. The van der Waals surface area contributed by atoms with Crippen LogP contribution in [0.5, 0.6) is 0 Å². The summed E-state index contributed by atoms with van der Waals surface area (Å²) in [5.41, 5.74) is 1.81. The van der Waals surface area contributed by atoms with Gasteiger partial charge in [-0.1, -0.05) is 61.2 Å². The molecule has 8 heteroatoms. The minimum Gasteiger partial charge on any atom is -0.462 e. The van der Waals surface area contributed by atoms with E-state index in [1.165, 1.54) is 22.6 Å². The molecule has 0 saturated heterocycles. The van der Waals surface area contributed by atoms with E-state index in [-0.39, 0.29) is 23.9 Å². The van der Waals surface area contributed by atoms with Gasteiger partial charge in [-0.25, -0.2) is 14.5 Å². The standard InChI is InChI=1S/C25H24N4O3S/c1-3-21(33-22-15-14-17-10-8-9-13-20(17)27-22)24(30)28-23-19(25(31)32-4-2)16-26-29(23)18-11-6-5-7-12-18/h5-16,21H,3-4H2,1-2H3,(H,28,30). The van der Waals surface area contributed by atoms with Crippen molar-refractivity contribution in [2.75, 3.05) is 11.9 Å². The minimum atomic E-state index is -0.535. The van der Waals surface area contributed by atoms with E-state index in [0.29, 0.717) is 6.42 Å². The Morgan fingerprint density at radius 1 is 1.03 bits per heavy atom. The zero-order valence-corrected chi connectivity index (χ0v) is 19.2. The molecule has 1 unspecified atom stereocenters. The number of pyridine rings is 1. The summed E-state index contributed by atoms with van der Waals surface area (Å²) in [6.07, 6.45) is 2.00. The van der Waals surface area contributed by atoms with Crippen LogP contribution < -0.4 is 5.32 Å². The topological polar surface area (TPSA) is 86.1 Å². The van der Waals surface area contributed by atoms with Gasteiger partial charge in [0.25, 0.3) is 0 Å². The van der Waals surface area contributed by atoms with Crippen LogP contribution in [0.3, 0.4) is 0 Å². The molecule has 4 aromatic rings. The van der Waals surface area contributed by atoms with Crippen molar-refractivity contribution in [3.05, 3.63) is 78.5 Å². The smallest absolute Gasteiger partial charge is 0.343 e. The highest BCUT2D eigenvalue weighted by Crippen LogP contribution is 2.28. The van der Waals surface area contributed by atoms with Gasteiger partial charge in [0, 0.05) is 5.39 Å². The first-order chi connectivity index (χ1) is 16.1. The number of ether oxygens (including phenoxy) is 1. The maximum Gasteiger partial charge on any atom is 0.343 e. The largest absolute Gasteiger partial charge is 0.462 e. The summed E-state index contributed by atoms with van der Waals surface area (Å²) in [7, 11) is 0. The predicted molar refractivity (Wildman–Crippen MR) is 130 cm³/mol. The van der Waals surface area contributed by atoms with Gasteiger partial charge in [0.1, 0.15) is 5.56 Å². The SMILES string of the molecule is CCOC(=O)c1cnn(-c2ccccc2)c1NC(=O)C(CC)Sc1ccc2ccccc2n1. The molecular formula is C25H24N4O3S. The molecule has 0 radical (unpaired) electrons. The van der Waals surface area contributed by atoms with Gasteiger partial charge in [-0.05, 0) is 37.6 Å². The molecular weight excluding hydrogens is 436 g/mol. The van der Waals surface area contributed by atoms with Crippen molar-refractivity contribution in [3.63, 3.8) is 0 Å². The molecule has 1 atom stereocenters. The van der Waals surface area contributed by atoms with Crippen LogP contribution >= 0.6 is 11.8 Å². The van der Waals surface area contributed by atoms with Crippen molar-refractivity contribution in [1.82, 2.24) is 14.8 Å². The first kappa shape index (κ1) is 22.5. The van der Waals surface area contributed by atoms with Gasteiger partial charge in [-0.15, -0.1) is 0 Å². The number of hydrogen-bond donors (Lipinski definition) is 1. The van der Waals surface area contributed by atoms with E-state index in [2.05, 4.69) is 15.4 Å². The number of nitrogens with zero attached hydrogens (tertiary/aromatic N) is 3. The van der Waals surface area contributed by atoms with E-state index >= 15 is 0 Å². The second kappa shape index (κ2) is 10.3. The average Bonchev–Trinajstić information content (AvgIpc) is 3.26. The van der Waals surface area contributed by atoms with Crippen molar-refractivity contribution in [2.45, 2.75) is 30.5 Å². The number of rotatable bonds is 8. The van der Waals surface area contributed by atoms with Gasteiger partial charge >= 0.3 is 5.97 Å². The first-order valence-electron chi connectivity index (χ1n) is 10.7. The van der Waals surface area contributed by atoms with Gasteiger partial charge in [-0.3, -0.25) is 4.79 Å². The van der Waals surface area contributed by atoms with Gasteiger partial charge in [0.2, 0.25) is 5.91 Å². The second-order valence-electron chi connectivity index (χ2n) is 7.22. The number of aromatic nitrogens is 3. The van der Waals surface area contributed by atoms with E-state index in [9.17, 15) is 9.59 Å². The lowest BCUT2D eigenvalue weighted by atomic mass is 10.2. The number of thioether (sulfide) groups is 1. The number of fused-ring (bicyclic) bond motifs is 1. The van der Waals surface area contributed by atoms with Crippen LogP contribution in [-0.4, -0.2) is 38.5 Å². The molecule has 0 aliphatic carbocycles. The highest BCUT2D eigenvalue weighted by atomic mass is 32.2. The Labute approximate surface area is 196 Å². The zero-order valence-electron chi connectivity index (χ0n) is 18.4. The molecule has 0 saturated carbocycles. The molecule has 0 bridgehead atoms. The van der Waals surface area contributed by atoms with Gasteiger partial charge in [0.15, 0.2) is 5.82 Å².